The van der Waals surface area contributed by atoms with Crippen molar-refractivity contribution in [3.63, 3.8) is 0 Å². The summed E-state index contributed by atoms with van der Waals surface area (Å²) in [6.07, 6.45) is 6.38. The Balaban J connectivity index is 2.22. The van der Waals surface area contributed by atoms with Gasteiger partial charge in [0.05, 0.1) is 5.02 Å². The summed E-state index contributed by atoms with van der Waals surface area (Å²) in [4.78, 5) is 0. The second-order valence-electron chi connectivity index (χ2n) is 5.52. The monoisotopic (exact) mass is 315 g/mol. The van der Waals surface area contributed by atoms with Crippen LogP contribution >= 0.6 is 23.2 Å². The molecule has 2 rings (SSSR count). The highest BCUT2D eigenvalue weighted by molar-refractivity contribution is 6.35. The van der Waals surface area contributed by atoms with E-state index in [9.17, 15) is 0 Å². The highest BCUT2D eigenvalue weighted by Crippen LogP contribution is 2.37. The fourth-order valence-corrected chi connectivity index (χ4v) is 3.59. The van der Waals surface area contributed by atoms with Gasteiger partial charge in [0.15, 0.2) is 0 Å². The molecular weight excluding hydrogens is 293 g/mol. The van der Waals surface area contributed by atoms with Crippen molar-refractivity contribution in [3.05, 3.63) is 27.7 Å². The maximum Gasteiger partial charge on any atom is 0.142 e. The molecule has 1 fully saturated rings. The molecular formula is C16H23Cl2NO. The molecule has 0 saturated heterocycles. The van der Waals surface area contributed by atoms with E-state index in [4.69, 9.17) is 27.9 Å². The first-order chi connectivity index (χ1) is 9.65. The minimum Gasteiger partial charge on any atom is -0.488 e. The fraction of sp³-hybridized carbons (Fsp3) is 0.625. The maximum absolute atomic E-state index is 6.34. The third-order valence-corrected chi connectivity index (χ3v) is 4.58. The largest absolute Gasteiger partial charge is 0.488 e. The van der Waals surface area contributed by atoms with Gasteiger partial charge in [-0.2, -0.15) is 0 Å². The van der Waals surface area contributed by atoms with Gasteiger partial charge in [-0.1, -0.05) is 36.5 Å². The van der Waals surface area contributed by atoms with Crippen LogP contribution in [0.25, 0.3) is 0 Å². The summed E-state index contributed by atoms with van der Waals surface area (Å²) in [6, 6.07) is 3.70. The Bertz CT molecular complexity index is 450. The molecule has 1 aliphatic rings. The molecule has 4 heteroatoms. The Morgan fingerprint density at radius 2 is 2.00 bits per heavy atom. The zero-order valence-electron chi connectivity index (χ0n) is 12.2. The van der Waals surface area contributed by atoms with Crippen LogP contribution in [0.3, 0.4) is 0 Å². The molecule has 1 saturated carbocycles. The number of nitrogens with one attached hydrogen (secondary N) is 1. The van der Waals surface area contributed by atoms with Crippen molar-refractivity contribution in [1.82, 2.24) is 5.32 Å². The molecule has 1 aliphatic carbocycles. The SMILES string of the molecule is CCC1CCCCC1Oc1c(Cl)cc(Cl)cc1CNC. The zero-order valence-corrected chi connectivity index (χ0v) is 13.7. The Morgan fingerprint density at radius 3 is 2.70 bits per heavy atom. The lowest BCUT2D eigenvalue weighted by atomic mass is 9.84. The van der Waals surface area contributed by atoms with Crippen molar-refractivity contribution >= 4 is 23.2 Å². The Kier molecular flexibility index (Phi) is 6.01. The standard InChI is InChI=1S/C16H23Cl2NO/c1-3-11-6-4-5-7-15(11)20-16-12(10-19-2)8-13(17)9-14(16)18/h8-9,11,15,19H,3-7,10H2,1-2H3. The zero-order chi connectivity index (χ0) is 14.5. The molecule has 1 N–H and O–H groups in total. The lowest BCUT2D eigenvalue weighted by Gasteiger charge is -2.32. The first-order valence-corrected chi connectivity index (χ1v) is 8.20. The molecule has 0 bridgehead atoms. The highest BCUT2D eigenvalue weighted by atomic mass is 35.5. The van der Waals surface area contributed by atoms with Crippen molar-refractivity contribution in [1.29, 1.82) is 0 Å². The van der Waals surface area contributed by atoms with E-state index in [1.807, 2.05) is 13.1 Å². The number of rotatable bonds is 5. The van der Waals surface area contributed by atoms with Crippen LogP contribution in [0.1, 0.15) is 44.6 Å². The van der Waals surface area contributed by atoms with Gasteiger partial charge in [-0.3, -0.25) is 0 Å². The number of halogens is 2. The predicted molar refractivity (Wildman–Crippen MR) is 85.9 cm³/mol. The first kappa shape index (κ1) is 15.9. The Labute approximate surface area is 131 Å². The lowest BCUT2D eigenvalue weighted by molar-refractivity contribution is 0.0894. The van der Waals surface area contributed by atoms with Crippen LogP contribution in [-0.4, -0.2) is 13.2 Å². The molecule has 1 aromatic rings. The van der Waals surface area contributed by atoms with E-state index in [2.05, 4.69) is 12.2 Å². The molecule has 2 atom stereocenters. The average Bonchev–Trinajstić information content (AvgIpc) is 2.43. The van der Waals surface area contributed by atoms with Gasteiger partial charge in [-0.05, 0) is 50.8 Å². The first-order valence-electron chi connectivity index (χ1n) is 7.44. The molecule has 112 valence electrons. The van der Waals surface area contributed by atoms with Crippen LogP contribution in [0.4, 0.5) is 0 Å². The van der Waals surface area contributed by atoms with Gasteiger partial charge in [0.2, 0.25) is 0 Å². The summed E-state index contributed by atoms with van der Waals surface area (Å²) >= 11 is 12.4. The molecule has 0 radical (unpaired) electrons. The van der Waals surface area contributed by atoms with E-state index in [-0.39, 0.29) is 6.10 Å². The van der Waals surface area contributed by atoms with Crippen molar-refractivity contribution in [2.45, 2.75) is 51.7 Å². The van der Waals surface area contributed by atoms with Crippen LogP contribution in [0, 0.1) is 5.92 Å². The van der Waals surface area contributed by atoms with Crippen molar-refractivity contribution in [2.24, 2.45) is 5.92 Å². The van der Waals surface area contributed by atoms with E-state index in [0.717, 1.165) is 24.2 Å². The van der Waals surface area contributed by atoms with Gasteiger partial charge < -0.3 is 10.1 Å². The van der Waals surface area contributed by atoms with E-state index >= 15 is 0 Å². The summed E-state index contributed by atoms with van der Waals surface area (Å²) in [5, 5.41) is 4.41. The van der Waals surface area contributed by atoms with E-state index in [0.29, 0.717) is 22.5 Å². The number of hydrogen-bond acceptors (Lipinski definition) is 2. The second kappa shape index (κ2) is 7.53. The van der Waals surface area contributed by atoms with Gasteiger partial charge in [-0.25, -0.2) is 0 Å². The van der Waals surface area contributed by atoms with Crippen LogP contribution in [-0.2, 0) is 6.54 Å². The number of hydrogen-bond donors (Lipinski definition) is 1. The molecule has 20 heavy (non-hydrogen) atoms. The van der Waals surface area contributed by atoms with Crippen LogP contribution < -0.4 is 10.1 Å². The summed E-state index contributed by atoms with van der Waals surface area (Å²) in [7, 11) is 1.91. The average molecular weight is 316 g/mol. The predicted octanol–water partition coefficient (Wildman–Crippen LogP) is 5.06. The molecule has 0 heterocycles. The quantitative estimate of drug-likeness (QED) is 0.820. The lowest BCUT2D eigenvalue weighted by Crippen LogP contribution is -2.30. The van der Waals surface area contributed by atoms with Gasteiger partial charge in [0.1, 0.15) is 11.9 Å². The summed E-state index contributed by atoms with van der Waals surface area (Å²) in [5.74, 6) is 1.44. The van der Waals surface area contributed by atoms with E-state index in [1.165, 1.54) is 19.3 Å². The molecule has 1 aromatic carbocycles. The van der Waals surface area contributed by atoms with Crippen LogP contribution in [0.5, 0.6) is 5.75 Å². The summed E-state index contributed by atoms with van der Waals surface area (Å²) in [5.41, 5.74) is 1.03. The molecule has 2 nitrogen and oxygen atoms in total. The molecule has 0 aromatic heterocycles. The van der Waals surface area contributed by atoms with E-state index in [1.54, 1.807) is 6.07 Å². The van der Waals surface area contributed by atoms with Gasteiger partial charge >= 0.3 is 0 Å². The second-order valence-corrected chi connectivity index (χ2v) is 6.36. The third kappa shape index (κ3) is 3.81. The maximum atomic E-state index is 6.34. The highest BCUT2D eigenvalue weighted by Gasteiger charge is 2.26. The van der Waals surface area contributed by atoms with Crippen molar-refractivity contribution < 1.29 is 4.74 Å². The number of benzene rings is 1. The fourth-order valence-electron chi connectivity index (χ4n) is 3.01. The normalized spacial score (nSPS) is 22.8. The van der Waals surface area contributed by atoms with Crippen LogP contribution in [0.2, 0.25) is 10.0 Å². The van der Waals surface area contributed by atoms with E-state index < -0.39 is 0 Å². The minimum absolute atomic E-state index is 0.281. The third-order valence-electron chi connectivity index (χ3n) is 4.09. The van der Waals surface area contributed by atoms with Gasteiger partial charge in [0.25, 0.3) is 0 Å². The topological polar surface area (TPSA) is 21.3 Å². The van der Waals surface area contributed by atoms with Gasteiger partial charge in [-0.15, -0.1) is 0 Å². The van der Waals surface area contributed by atoms with Crippen LogP contribution in [0.15, 0.2) is 12.1 Å². The van der Waals surface area contributed by atoms with Gasteiger partial charge in [0, 0.05) is 17.1 Å². The van der Waals surface area contributed by atoms with Crippen molar-refractivity contribution in [3.8, 4) is 5.75 Å². The molecule has 0 aliphatic heterocycles. The smallest absolute Gasteiger partial charge is 0.142 e. The molecule has 0 amide bonds. The summed E-state index contributed by atoms with van der Waals surface area (Å²) in [6.45, 7) is 2.95. The minimum atomic E-state index is 0.281. The summed E-state index contributed by atoms with van der Waals surface area (Å²) < 4.78 is 6.30. The Morgan fingerprint density at radius 1 is 1.25 bits per heavy atom. The number of ether oxygens (including phenoxy) is 1. The van der Waals surface area contributed by atoms with Crippen molar-refractivity contribution in [2.75, 3.05) is 7.05 Å². The molecule has 0 spiro atoms. The Hall–Kier alpha value is -0.440. The molecule has 2 unspecified atom stereocenters.